The lowest BCUT2D eigenvalue weighted by molar-refractivity contribution is -0.137. The van der Waals surface area contributed by atoms with Crippen LogP contribution in [-0.4, -0.2) is 9.78 Å². The lowest BCUT2D eigenvalue weighted by Crippen LogP contribution is -2.04. The molecule has 0 aliphatic heterocycles. The molecule has 0 aliphatic carbocycles. The van der Waals surface area contributed by atoms with Gasteiger partial charge in [0.15, 0.2) is 0 Å². The Bertz CT molecular complexity index is 510. The maximum atomic E-state index is 12.7. The van der Waals surface area contributed by atoms with Crippen LogP contribution in [0.5, 0.6) is 0 Å². The number of rotatable bonds is 1. The van der Waals surface area contributed by atoms with Crippen molar-refractivity contribution in [1.29, 1.82) is 0 Å². The maximum Gasteiger partial charge on any atom is 0.420 e. The van der Waals surface area contributed by atoms with Crippen LogP contribution in [0.2, 0.25) is 0 Å². The van der Waals surface area contributed by atoms with Crippen LogP contribution in [0.4, 0.5) is 13.2 Å². The minimum Gasteiger partial charge on any atom is -0.275 e. The second-order valence-electron chi connectivity index (χ2n) is 3.47. The van der Waals surface area contributed by atoms with Crippen LogP contribution in [0.25, 0.3) is 10.6 Å². The van der Waals surface area contributed by atoms with Crippen molar-refractivity contribution >= 4 is 11.3 Å². The molecule has 6 heteroatoms. The molecule has 0 aliphatic rings. The van der Waals surface area contributed by atoms with Crippen LogP contribution in [-0.2, 0) is 13.2 Å². The van der Waals surface area contributed by atoms with E-state index in [4.69, 9.17) is 0 Å². The Morgan fingerprint density at radius 2 is 2.00 bits per heavy atom. The summed E-state index contributed by atoms with van der Waals surface area (Å²) in [5.41, 5.74) is -0.676. The van der Waals surface area contributed by atoms with Crippen molar-refractivity contribution in [3.63, 3.8) is 0 Å². The summed E-state index contributed by atoms with van der Waals surface area (Å²) in [6, 6.07) is 3.45. The average Bonchev–Trinajstić information content (AvgIpc) is 2.70. The molecule has 2 rings (SSSR count). The molecule has 0 saturated heterocycles. The fourth-order valence-corrected chi connectivity index (χ4v) is 2.31. The van der Waals surface area contributed by atoms with Crippen LogP contribution in [0.15, 0.2) is 18.3 Å². The summed E-state index contributed by atoms with van der Waals surface area (Å²) >= 11 is 1.31. The number of aryl methyl sites for hydroxylation is 2. The first-order valence-electron chi connectivity index (χ1n) is 4.55. The molecule has 2 aromatic rings. The van der Waals surface area contributed by atoms with Gasteiger partial charge in [-0.25, -0.2) is 0 Å². The molecule has 0 unspecified atom stereocenters. The first-order valence-corrected chi connectivity index (χ1v) is 5.37. The smallest absolute Gasteiger partial charge is 0.275 e. The highest BCUT2D eigenvalue weighted by Gasteiger charge is 2.36. The lowest BCUT2D eigenvalue weighted by atomic mass is 10.2. The summed E-state index contributed by atoms with van der Waals surface area (Å²) < 4.78 is 39.3. The van der Waals surface area contributed by atoms with Crippen LogP contribution in [0, 0.1) is 6.92 Å². The number of aromatic nitrogens is 2. The Kier molecular flexibility index (Phi) is 2.53. The number of nitrogens with zero attached hydrogens (tertiary/aromatic N) is 2. The van der Waals surface area contributed by atoms with Crippen LogP contribution in [0.1, 0.15) is 10.4 Å². The van der Waals surface area contributed by atoms with Crippen LogP contribution >= 0.6 is 11.3 Å². The van der Waals surface area contributed by atoms with Gasteiger partial charge in [0.25, 0.3) is 0 Å². The fraction of sp³-hybridized carbons (Fsp3) is 0.300. The number of hydrogen-bond donors (Lipinski definition) is 0. The van der Waals surface area contributed by atoms with Gasteiger partial charge >= 0.3 is 6.18 Å². The normalized spacial score (nSPS) is 12.1. The van der Waals surface area contributed by atoms with Crippen LogP contribution < -0.4 is 0 Å². The van der Waals surface area contributed by atoms with E-state index in [1.807, 2.05) is 6.92 Å². The van der Waals surface area contributed by atoms with Crippen molar-refractivity contribution in [3.05, 3.63) is 28.8 Å². The van der Waals surface area contributed by atoms with E-state index in [-0.39, 0.29) is 5.69 Å². The molecule has 2 heterocycles. The highest BCUT2D eigenvalue weighted by molar-refractivity contribution is 7.15. The van der Waals surface area contributed by atoms with Gasteiger partial charge in [-0.1, -0.05) is 0 Å². The zero-order valence-electron chi connectivity index (χ0n) is 8.67. The molecular formula is C10H9F3N2S. The number of hydrogen-bond acceptors (Lipinski definition) is 2. The number of halogens is 3. The van der Waals surface area contributed by atoms with Gasteiger partial charge in [-0.3, -0.25) is 4.68 Å². The zero-order valence-corrected chi connectivity index (χ0v) is 9.49. The van der Waals surface area contributed by atoms with Gasteiger partial charge in [0.2, 0.25) is 0 Å². The Morgan fingerprint density at radius 3 is 2.50 bits per heavy atom. The standard InChI is InChI=1S/C10H9F3N2S/c1-6-3-4-8(16-6)9-7(10(11,12)13)5-15(2)14-9/h3-5H,1-2H3. The predicted octanol–water partition coefficient (Wildman–Crippen LogP) is 3.48. The molecule has 0 bridgehead atoms. The summed E-state index contributed by atoms with van der Waals surface area (Å²) in [7, 11) is 1.49. The Hall–Kier alpha value is -1.30. The summed E-state index contributed by atoms with van der Waals surface area (Å²) in [6.45, 7) is 1.85. The molecule has 0 saturated carbocycles. The molecule has 0 fully saturated rings. The molecule has 0 N–H and O–H groups in total. The minimum absolute atomic E-state index is 0.00750. The third-order valence-corrected chi connectivity index (χ3v) is 3.12. The van der Waals surface area contributed by atoms with E-state index in [9.17, 15) is 13.2 Å². The van der Waals surface area contributed by atoms with Crippen LogP contribution in [0.3, 0.4) is 0 Å². The SMILES string of the molecule is Cc1ccc(-c2nn(C)cc2C(F)(F)F)s1. The third kappa shape index (κ3) is 1.97. The summed E-state index contributed by atoms with van der Waals surface area (Å²) in [5, 5.41) is 3.87. The molecule has 2 nitrogen and oxygen atoms in total. The fourth-order valence-electron chi connectivity index (χ4n) is 1.44. The molecular weight excluding hydrogens is 237 g/mol. The topological polar surface area (TPSA) is 17.8 Å². The molecule has 16 heavy (non-hydrogen) atoms. The molecule has 0 radical (unpaired) electrons. The summed E-state index contributed by atoms with van der Waals surface area (Å²) in [4.78, 5) is 1.51. The Labute approximate surface area is 94.3 Å². The predicted molar refractivity (Wildman–Crippen MR) is 56.3 cm³/mol. The number of thiophene rings is 1. The second kappa shape index (κ2) is 3.62. The minimum atomic E-state index is -4.36. The van der Waals surface area contributed by atoms with Gasteiger partial charge in [-0.2, -0.15) is 18.3 Å². The lowest BCUT2D eigenvalue weighted by Gasteiger charge is -2.04. The van der Waals surface area contributed by atoms with Gasteiger partial charge in [-0.15, -0.1) is 11.3 Å². The highest BCUT2D eigenvalue weighted by atomic mass is 32.1. The van der Waals surface area contributed by atoms with Gasteiger partial charge in [0, 0.05) is 18.1 Å². The van der Waals surface area contributed by atoms with Crippen molar-refractivity contribution in [3.8, 4) is 10.6 Å². The van der Waals surface area contributed by atoms with E-state index < -0.39 is 11.7 Å². The average molecular weight is 246 g/mol. The molecule has 86 valence electrons. The number of alkyl halides is 3. The van der Waals surface area contributed by atoms with Gasteiger partial charge in [0.1, 0.15) is 11.3 Å². The molecule has 0 amide bonds. The van der Waals surface area contributed by atoms with Gasteiger partial charge in [-0.05, 0) is 19.1 Å². The highest BCUT2D eigenvalue weighted by Crippen LogP contribution is 2.38. The van der Waals surface area contributed by atoms with E-state index in [0.717, 1.165) is 11.1 Å². The molecule has 2 aromatic heterocycles. The summed E-state index contributed by atoms with van der Waals surface area (Å²) in [5.74, 6) is 0. The van der Waals surface area contributed by atoms with Crippen molar-refractivity contribution in [2.24, 2.45) is 7.05 Å². The molecule has 0 atom stereocenters. The van der Waals surface area contributed by atoms with Crippen molar-refractivity contribution in [2.45, 2.75) is 13.1 Å². The summed E-state index contributed by atoms with van der Waals surface area (Å²) in [6.07, 6.45) is -3.36. The third-order valence-electron chi connectivity index (χ3n) is 2.11. The molecule has 0 aromatic carbocycles. The van der Waals surface area contributed by atoms with E-state index in [1.54, 1.807) is 12.1 Å². The molecule has 0 spiro atoms. The monoisotopic (exact) mass is 246 g/mol. The quantitative estimate of drug-likeness (QED) is 0.753. The van der Waals surface area contributed by atoms with E-state index in [1.165, 1.54) is 23.1 Å². The Balaban J connectivity index is 2.57. The first kappa shape index (κ1) is 11.2. The van der Waals surface area contributed by atoms with Crippen molar-refractivity contribution < 1.29 is 13.2 Å². The van der Waals surface area contributed by atoms with Gasteiger partial charge < -0.3 is 0 Å². The van der Waals surface area contributed by atoms with Gasteiger partial charge in [0.05, 0.1) is 4.88 Å². The first-order chi connectivity index (χ1) is 7.38. The van der Waals surface area contributed by atoms with Crippen molar-refractivity contribution in [1.82, 2.24) is 9.78 Å². The maximum absolute atomic E-state index is 12.7. The van der Waals surface area contributed by atoms with E-state index in [2.05, 4.69) is 5.10 Å². The van der Waals surface area contributed by atoms with Crippen molar-refractivity contribution in [2.75, 3.05) is 0 Å². The van der Waals surface area contributed by atoms with E-state index in [0.29, 0.717) is 4.88 Å². The second-order valence-corrected chi connectivity index (χ2v) is 4.76. The van der Waals surface area contributed by atoms with E-state index >= 15 is 0 Å². The zero-order chi connectivity index (χ0) is 11.9. The Morgan fingerprint density at radius 1 is 1.31 bits per heavy atom. The largest absolute Gasteiger partial charge is 0.420 e.